The molecule has 1 atom stereocenters. The average molecular weight is 239 g/mol. The van der Waals surface area contributed by atoms with Crippen LogP contribution in [0.4, 0.5) is 10.1 Å². The lowest BCUT2D eigenvalue weighted by Gasteiger charge is -2.18. The summed E-state index contributed by atoms with van der Waals surface area (Å²) in [6.07, 6.45) is -0.153. The van der Waals surface area contributed by atoms with Crippen molar-refractivity contribution in [1.29, 1.82) is 0 Å². The highest BCUT2D eigenvalue weighted by atomic mass is 19.1. The largest absolute Gasteiger partial charge is 0.481 e. The van der Waals surface area contributed by atoms with Gasteiger partial charge in [0, 0.05) is 13.5 Å². The Labute approximate surface area is 98.7 Å². The van der Waals surface area contributed by atoms with E-state index in [4.69, 9.17) is 5.11 Å². The van der Waals surface area contributed by atoms with Gasteiger partial charge in [-0.1, -0.05) is 19.1 Å². The maximum absolute atomic E-state index is 13.4. The van der Waals surface area contributed by atoms with Crippen molar-refractivity contribution in [1.82, 2.24) is 0 Å². The van der Waals surface area contributed by atoms with Crippen molar-refractivity contribution in [2.75, 3.05) is 11.9 Å². The van der Waals surface area contributed by atoms with E-state index in [1.165, 1.54) is 32.2 Å². The van der Waals surface area contributed by atoms with Gasteiger partial charge in [-0.2, -0.15) is 0 Å². The second-order valence-corrected chi connectivity index (χ2v) is 3.85. The van der Waals surface area contributed by atoms with Crippen LogP contribution in [0.1, 0.15) is 13.3 Å². The van der Waals surface area contributed by atoms with Crippen LogP contribution >= 0.6 is 0 Å². The van der Waals surface area contributed by atoms with Crippen molar-refractivity contribution in [2.45, 2.75) is 13.3 Å². The number of halogens is 1. The minimum atomic E-state index is -1.04. The summed E-state index contributed by atoms with van der Waals surface area (Å²) in [5, 5.41) is 8.69. The Morgan fingerprint density at radius 2 is 2.00 bits per heavy atom. The third-order valence-electron chi connectivity index (χ3n) is 2.49. The number of carbonyl (C=O) groups excluding carboxylic acids is 1. The van der Waals surface area contributed by atoms with Crippen LogP contribution in [-0.4, -0.2) is 24.0 Å². The van der Waals surface area contributed by atoms with Crippen LogP contribution in [0.5, 0.6) is 0 Å². The highest BCUT2D eigenvalue weighted by Crippen LogP contribution is 2.18. The lowest BCUT2D eigenvalue weighted by molar-refractivity contribution is -0.143. The quantitative estimate of drug-likeness (QED) is 0.873. The molecule has 1 rings (SSSR count). The van der Waals surface area contributed by atoms with Gasteiger partial charge in [0.1, 0.15) is 5.82 Å². The molecule has 0 aliphatic rings. The number of rotatable bonds is 4. The fraction of sp³-hybridized carbons (Fsp3) is 0.333. The molecule has 5 heteroatoms. The Bertz CT molecular complexity index is 434. The molecule has 17 heavy (non-hydrogen) atoms. The first kappa shape index (κ1) is 13.2. The van der Waals surface area contributed by atoms with Gasteiger partial charge in [-0.3, -0.25) is 9.59 Å². The minimum Gasteiger partial charge on any atom is -0.481 e. The normalized spacial score (nSPS) is 11.9. The lowest BCUT2D eigenvalue weighted by Crippen LogP contribution is -2.30. The first-order chi connectivity index (χ1) is 7.93. The molecule has 0 radical (unpaired) electrons. The summed E-state index contributed by atoms with van der Waals surface area (Å²) < 4.78 is 13.4. The van der Waals surface area contributed by atoms with E-state index in [1.54, 1.807) is 6.07 Å². The highest BCUT2D eigenvalue weighted by molar-refractivity contribution is 5.94. The zero-order chi connectivity index (χ0) is 13.0. The molecule has 1 aromatic rings. The van der Waals surface area contributed by atoms with E-state index >= 15 is 0 Å². The number of carbonyl (C=O) groups is 2. The molecule has 92 valence electrons. The van der Waals surface area contributed by atoms with Crippen molar-refractivity contribution in [2.24, 2.45) is 5.92 Å². The number of para-hydroxylation sites is 1. The van der Waals surface area contributed by atoms with Crippen molar-refractivity contribution < 1.29 is 19.1 Å². The van der Waals surface area contributed by atoms with Gasteiger partial charge >= 0.3 is 5.97 Å². The van der Waals surface area contributed by atoms with Gasteiger partial charge in [0.25, 0.3) is 0 Å². The van der Waals surface area contributed by atoms with Crippen LogP contribution in [0, 0.1) is 11.7 Å². The molecule has 1 amide bonds. The molecule has 1 N–H and O–H groups in total. The number of hydrogen-bond donors (Lipinski definition) is 1. The number of hydrogen-bond acceptors (Lipinski definition) is 2. The molecule has 0 saturated carbocycles. The summed E-state index contributed by atoms with van der Waals surface area (Å²) in [4.78, 5) is 23.5. The van der Waals surface area contributed by atoms with E-state index in [-0.39, 0.29) is 12.1 Å². The van der Waals surface area contributed by atoms with Crippen LogP contribution in [0.2, 0.25) is 0 Å². The monoisotopic (exact) mass is 239 g/mol. The lowest BCUT2D eigenvalue weighted by atomic mass is 10.1. The van der Waals surface area contributed by atoms with Crippen molar-refractivity contribution in [3.05, 3.63) is 30.1 Å². The summed E-state index contributed by atoms with van der Waals surface area (Å²) in [7, 11) is 1.43. The molecule has 0 fully saturated rings. The maximum atomic E-state index is 13.4. The molecule has 0 bridgehead atoms. The molecule has 0 aliphatic carbocycles. The summed E-state index contributed by atoms with van der Waals surface area (Å²) >= 11 is 0. The number of aliphatic carboxylic acids is 1. The van der Waals surface area contributed by atoms with E-state index in [0.717, 1.165) is 4.90 Å². The Balaban J connectivity index is 2.77. The van der Waals surface area contributed by atoms with Gasteiger partial charge in [0.05, 0.1) is 11.6 Å². The molecular formula is C12H14FNO3. The summed E-state index contributed by atoms with van der Waals surface area (Å²) in [6, 6.07) is 5.86. The molecule has 0 spiro atoms. The van der Waals surface area contributed by atoms with Crippen LogP contribution < -0.4 is 4.90 Å². The number of carboxylic acid groups (broad SMARTS) is 1. The van der Waals surface area contributed by atoms with Gasteiger partial charge in [-0.05, 0) is 12.1 Å². The molecule has 0 aromatic heterocycles. The Morgan fingerprint density at radius 1 is 1.41 bits per heavy atom. The van der Waals surface area contributed by atoms with E-state index in [2.05, 4.69) is 0 Å². The number of anilines is 1. The first-order valence-corrected chi connectivity index (χ1v) is 5.17. The number of carboxylic acids is 1. The molecule has 1 unspecified atom stereocenters. The average Bonchev–Trinajstić information content (AvgIpc) is 2.28. The molecular weight excluding hydrogens is 225 g/mol. The van der Waals surface area contributed by atoms with E-state index < -0.39 is 23.6 Å². The predicted molar refractivity (Wildman–Crippen MR) is 61.2 cm³/mol. The van der Waals surface area contributed by atoms with Gasteiger partial charge in [-0.25, -0.2) is 4.39 Å². The third-order valence-corrected chi connectivity index (χ3v) is 2.49. The van der Waals surface area contributed by atoms with Crippen LogP contribution in [0.15, 0.2) is 24.3 Å². The maximum Gasteiger partial charge on any atom is 0.306 e. The number of nitrogens with zero attached hydrogens (tertiary/aromatic N) is 1. The van der Waals surface area contributed by atoms with Crippen LogP contribution in [-0.2, 0) is 9.59 Å². The molecule has 0 aliphatic heterocycles. The van der Waals surface area contributed by atoms with E-state index in [1.807, 2.05) is 0 Å². The Morgan fingerprint density at radius 3 is 2.53 bits per heavy atom. The zero-order valence-electron chi connectivity index (χ0n) is 9.68. The third kappa shape index (κ3) is 3.27. The van der Waals surface area contributed by atoms with Crippen LogP contribution in [0.3, 0.4) is 0 Å². The Kier molecular flexibility index (Phi) is 4.20. The topological polar surface area (TPSA) is 57.6 Å². The van der Waals surface area contributed by atoms with Crippen LogP contribution in [0.25, 0.3) is 0 Å². The second kappa shape index (κ2) is 5.43. The molecule has 4 nitrogen and oxygen atoms in total. The smallest absolute Gasteiger partial charge is 0.306 e. The Hall–Kier alpha value is -1.91. The highest BCUT2D eigenvalue weighted by Gasteiger charge is 2.20. The summed E-state index contributed by atoms with van der Waals surface area (Å²) in [5.41, 5.74) is 0.148. The molecule has 0 heterocycles. The van der Waals surface area contributed by atoms with Gasteiger partial charge in [0.2, 0.25) is 5.91 Å². The van der Waals surface area contributed by atoms with Gasteiger partial charge in [-0.15, -0.1) is 0 Å². The second-order valence-electron chi connectivity index (χ2n) is 3.85. The van der Waals surface area contributed by atoms with Crippen molar-refractivity contribution in [3.8, 4) is 0 Å². The molecule has 0 saturated heterocycles. The fourth-order valence-corrected chi connectivity index (χ4v) is 1.34. The number of amides is 1. The van der Waals surface area contributed by atoms with E-state index in [9.17, 15) is 14.0 Å². The molecule has 1 aromatic carbocycles. The fourth-order valence-electron chi connectivity index (χ4n) is 1.34. The standard InChI is InChI=1S/C12H14FNO3/c1-8(12(16)17)7-11(15)14(2)10-6-4-3-5-9(10)13/h3-6,8H,7H2,1-2H3,(H,16,17). The van der Waals surface area contributed by atoms with Crippen molar-refractivity contribution >= 4 is 17.6 Å². The minimum absolute atomic E-state index is 0.148. The van der Waals surface area contributed by atoms with Crippen molar-refractivity contribution in [3.63, 3.8) is 0 Å². The van der Waals surface area contributed by atoms with E-state index in [0.29, 0.717) is 0 Å². The van der Waals surface area contributed by atoms with Gasteiger partial charge in [0.15, 0.2) is 0 Å². The SMILES string of the molecule is CC(CC(=O)N(C)c1ccccc1F)C(=O)O. The predicted octanol–water partition coefficient (Wildman–Crippen LogP) is 1.90. The summed E-state index contributed by atoms with van der Waals surface area (Å²) in [5.74, 6) is -2.76. The first-order valence-electron chi connectivity index (χ1n) is 5.17. The zero-order valence-corrected chi connectivity index (χ0v) is 9.68. The number of benzene rings is 1. The van der Waals surface area contributed by atoms with Gasteiger partial charge < -0.3 is 10.0 Å². The summed E-state index contributed by atoms with van der Waals surface area (Å²) in [6.45, 7) is 1.44.